The van der Waals surface area contributed by atoms with Crippen LogP contribution in [0.5, 0.6) is 0 Å². The number of nitrogens with one attached hydrogen (secondary N) is 1. The Labute approximate surface area is 199 Å². The van der Waals surface area contributed by atoms with E-state index in [0.717, 1.165) is 34.2 Å². The number of alkyl carbamates (subject to hydrolysis) is 1. The minimum absolute atomic E-state index is 0.0195. The van der Waals surface area contributed by atoms with Crippen molar-refractivity contribution in [3.63, 3.8) is 0 Å². The third-order valence-corrected chi connectivity index (χ3v) is 5.78. The number of rotatable bonds is 10. The van der Waals surface area contributed by atoms with Crippen LogP contribution in [0, 0.1) is 0 Å². The summed E-state index contributed by atoms with van der Waals surface area (Å²) in [6.07, 6.45) is 0.125. The fraction of sp³-hybridized carbons (Fsp3) is 0.286. The first-order valence-corrected chi connectivity index (χ1v) is 11.6. The van der Waals surface area contributed by atoms with Crippen molar-refractivity contribution in [2.24, 2.45) is 0 Å². The third-order valence-electron chi connectivity index (χ3n) is 5.78. The number of carbonyl (C=O) groups is 2. The van der Waals surface area contributed by atoms with Crippen LogP contribution >= 0.6 is 0 Å². The smallest absolute Gasteiger partial charge is 0.407 e. The summed E-state index contributed by atoms with van der Waals surface area (Å²) in [6, 6.07) is 24.7. The second-order valence-corrected chi connectivity index (χ2v) is 8.19. The van der Waals surface area contributed by atoms with Gasteiger partial charge >= 0.3 is 12.1 Å². The molecule has 6 heteroatoms. The normalized spacial score (nSPS) is 13.0. The van der Waals surface area contributed by atoms with Gasteiger partial charge in [0.05, 0.1) is 6.61 Å². The Morgan fingerprint density at radius 1 is 0.853 bits per heavy atom. The SMILES string of the molecule is CCCOC[C@H](NC(=O)OCC1c2ccccc2-c2ccccc21)C(=O)OCc1ccccc1. The van der Waals surface area contributed by atoms with Crippen molar-refractivity contribution in [1.29, 1.82) is 0 Å². The van der Waals surface area contributed by atoms with E-state index < -0.39 is 18.1 Å². The van der Waals surface area contributed by atoms with Gasteiger partial charge in [0.25, 0.3) is 0 Å². The highest BCUT2D eigenvalue weighted by Gasteiger charge is 2.30. The van der Waals surface area contributed by atoms with Gasteiger partial charge in [-0.05, 0) is 34.2 Å². The van der Waals surface area contributed by atoms with Crippen molar-refractivity contribution < 1.29 is 23.8 Å². The molecule has 1 atom stereocenters. The van der Waals surface area contributed by atoms with E-state index in [2.05, 4.69) is 29.6 Å². The summed E-state index contributed by atoms with van der Waals surface area (Å²) < 4.78 is 16.5. The predicted molar refractivity (Wildman–Crippen MR) is 129 cm³/mol. The third kappa shape index (κ3) is 5.64. The average Bonchev–Trinajstić information content (AvgIpc) is 3.20. The Kier molecular flexibility index (Phi) is 7.94. The Hall–Kier alpha value is -3.64. The monoisotopic (exact) mass is 459 g/mol. The predicted octanol–water partition coefficient (Wildman–Crippen LogP) is 5.06. The van der Waals surface area contributed by atoms with Gasteiger partial charge in [0.15, 0.2) is 6.04 Å². The van der Waals surface area contributed by atoms with Gasteiger partial charge in [0, 0.05) is 12.5 Å². The Bertz CT molecular complexity index is 1070. The summed E-state index contributed by atoms with van der Waals surface area (Å²) >= 11 is 0. The van der Waals surface area contributed by atoms with Gasteiger partial charge in [0.1, 0.15) is 13.2 Å². The van der Waals surface area contributed by atoms with E-state index in [1.807, 2.05) is 61.5 Å². The number of hydrogen-bond donors (Lipinski definition) is 1. The molecule has 6 nitrogen and oxygen atoms in total. The van der Waals surface area contributed by atoms with Crippen LogP contribution in [0.2, 0.25) is 0 Å². The Morgan fingerprint density at radius 2 is 1.47 bits per heavy atom. The van der Waals surface area contributed by atoms with Crippen LogP contribution in [0.3, 0.4) is 0 Å². The molecular formula is C28H29NO5. The van der Waals surface area contributed by atoms with Gasteiger partial charge in [-0.3, -0.25) is 0 Å². The second kappa shape index (κ2) is 11.5. The van der Waals surface area contributed by atoms with Gasteiger partial charge < -0.3 is 19.5 Å². The molecule has 3 aromatic carbocycles. The molecule has 0 radical (unpaired) electrons. The molecule has 0 saturated heterocycles. The molecule has 0 aliphatic heterocycles. The first kappa shape index (κ1) is 23.5. The molecule has 1 N–H and O–H groups in total. The molecule has 1 aliphatic carbocycles. The van der Waals surface area contributed by atoms with Crippen LogP contribution in [0.4, 0.5) is 4.79 Å². The number of amides is 1. The number of ether oxygens (including phenoxy) is 3. The summed E-state index contributed by atoms with van der Waals surface area (Å²) in [4.78, 5) is 25.3. The molecule has 4 rings (SSSR count). The number of fused-ring (bicyclic) bond motifs is 3. The zero-order valence-electron chi connectivity index (χ0n) is 19.2. The number of hydrogen-bond acceptors (Lipinski definition) is 5. The standard InChI is InChI=1S/C28H29NO5/c1-2-16-32-19-26(27(30)33-17-20-10-4-3-5-11-20)29-28(31)34-18-25-23-14-8-6-12-21(23)22-13-7-9-15-24(22)25/h3-15,25-26H,2,16-19H2,1H3,(H,29,31)/t26-/m0/s1. The molecule has 3 aromatic rings. The fourth-order valence-electron chi connectivity index (χ4n) is 4.13. The largest absolute Gasteiger partial charge is 0.459 e. The highest BCUT2D eigenvalue weighted by atomic mass is 16.6. The Morgan fingerprint density at radius 3 is 2.12 bits per heavy atom. The molecule has 1 amide bonds. The first-order chi connectivity index (χ1) is 16.7. The number of esters is 1. The van der Waals surface area contributed by atoms with E-state index in [0.29, 0.717) is 6.61 Å². The van der Waals surface area contributed by atoms with Crippen molar-refractivity contribution in [3.05, 3.63) is 95.6 Å². The van der Waals surface area contributed by atoms with E-state index in [1.54, 1.807) is 0 Å². The lowest BCUT2D eigenvalue weighted by atomic mass is 9.98. The molecule has 0 spiro atoms. The number of carbonyl (C=O) groups excluding carboxylic acids is 2. The van der Waals surface area contributed by atoms with Gasteiger partial charge in [0.2, 0.25) is 0 Å². The van der Waals surface area contributed by atoms with Crippen LogP contribution in [0.15, 0.2) is 78.9 Å². The summed E-state index contributed by atoms with van der Waals surface area (Å²) in [5.41, 5.74) is 5.43. The second-order valence-electron chi connectivity index (χ2n) is 8.19. The average molecular weight is 460 g/mol. The molecule has 0 unspecified atom stereocenters. The maximum absolute atomic E-state index is 12.7. The summed E-state index contributed by atoms with van der Waals surface area (Å²) in [7, 11) is 0. The van der Waals surface area contributed by atoms with Crippen LogP contribution in [-0.4, -0.2) is 37.9 Å². The molecule has 1 aliphatic rings. The van der Waals surface area contributed by atoms with E-state index >= 15 is 0 Å². The van der Waals surface area contributed by atoms with Gasteiger partial charge in [-0.25, -0.2) is 9.59 Å². The van der Waals surface area contributed by atoms with E-state index in [4.69, 9.17) is 14.2 Å². The van der Waals surface area contributed by atoms with Crippen LogP contribution in [0.1, 0.15) is 36.0 Å². The van der Waals surface area contributed by atoms with Crippen molar-refractivity contribution in [3.8, 4) is 11.1 Å². The molecule has 0 bridgehead atoms. The van der Waals surface area contributed by atoms with Crippen molar-refractivity contribution >= 4 is 12.1 Å². The summed E-state index contributed by atoms with van der Waals surface area (Å²) in [5, 5.41) is 2.62. The molecular weight excluding hydrogens is 430 g/mol. The highest BCUT2D eigenvalue weighted by molar-refractivity contribution is 5.82. The van der Waals surface area contributed by atoms with Crippen LogP contribution < -0.4 is 5.32 Å². The summed E-state index contributed by atoms with van der Waals surface area (Å²) in [6.45, 7) is 2.76. The zero-order chi connectivity index (χ0) is 23.8. The van der Waals surface area contributed by atoms with E-state index in [1.165, 1.54) is 0 Å². The van der Waals surface area contributed by atoms with Crippen LogP contribution in [0.25, 0.3) is 11.1 Å². The lowest BCUT2D eigenvalue weighted by Crippen LogP contribution is -2.45. The van der Waals surface area contributed by atoms with Gasteiger partial charge in [-0.1, -0.05) is 85.8 Å². The minimum atomic E-state index is -0.953. The van der Waals surface area contributed by atoms with Crippen molar-refractivity contribution in [2.45, 2.75) is 31.9 Å². The van der Waals surface area contributed by atoms with Crippen LogP contribution in [-0.2, 0) is 25.6 Å². The summed E-state index contributed by atoms with van der Waals surface area (Å²) in [5.74, 6) is -0.619. The van der Waals surface area contributed by atoms with Gasteiger partial charge in [-0.2, -0.15) is 0 Å². The fourth-order valence-corrected chi connectivity index (χ4v) is 4.13. The maximum atomic E-state index is 12.7. The van der Waals surface area contributed by atoms with Crippen molar-refractivity contribution in [2.75, 3.05) is 19.8 Å². The quantitative estimate of drug-likeness (QED) is 0.339. The van der Waals surface area contributed by atoms with E-state index in [9.17, 15) is 9.59 Å². The highest BCUT2D eigenvalue weighted by Crippen LogP contribution is 2.44. The molecule has 0 aromatic heterocycles. The maximum Gasteiger partial charge on any atom is 0.407 e. The lowest BCUT2D eigenvalue weighted by Gasteiger charge is -2.19. The first-order valence-electron chi connectivity index (χ1n) is 11.6. The molecule has 176 valence electrons. The topological polar surface area (TPSA) is 73.9 Å². The molecule has 34 heavy (non-hydrogen) atoms. The minimum Gasteiger partial charge on any atom is -0.459 e. The Balaban J connectivity index is 1.37. The molecule has 0 heterocycles. The zero-order valence-corrected chi connectivity index (χ0v) is 19.2. The lowest BCUT2D eigenvalue weighted by molar-refractivity contribution is -0.149. The van der Waals surface area contributed by atoms with Gasteiger partial charge in [-0.15, -0.1) is 0 Å². The molecule has 0 fully saturated rings. The number of benzene rings is 3. The van der Waals surface area contributed by atoms with Crippen molar-refractivity contribution in [1.82, 2.24) is 5.32 Å². The van der Waals surface area contributed by atoms with E-state index in [-0.39, 0.29) is 25.7 Å². The molecule has 0 saturated carbocycles.